The van der Waals surface area contributed by atoms with Crippen LogP contribution in [0.25, 0.3) is 11.1 Å². The first-order valence-corrected chi connectivity index (χ1v) is 9.02. The summed E-state index contributed by atoms with van der Waals surface area (Å²) in [5, 5.41) is 15.6. The molecule has 0 amide bonds. The van der Waals surface area contributed by atoms with Gasteiger partial charge in [0.1, 0.15) is 11.5 Å². The van der Waals surface area contributed by atoms with Gasteiger partial charge in [0.05, 0.1) is 14.2 Å². The predicted molar refractivity (Wildman–Crippen MR) is 109 cm³/mol. The molecule has 7 heteroatoms. The highest BCUT2D eigenvalue weighted by atomic mass is 16.5. The summed E-state index contributed by atoms with van der Waals surface area (Å²) in [5.74, 6) is -0.717. The average Bonchev–Trinajstić information content (AvgIpc) is 2.71. The molecule has 0 bridgehead atoms. The Hall–Kier alpha value is -3.32. The second-order valence-corrected chi connectivity index (χ2v) is 6.48. The van der Waals surface area contributed by atoms with Gasteiger partial charge in [0, 0.05) is 36.4 Å². The fourth-order valence-corrected chi connectivity index (χ4v) is 3.20. The van der Waals surface area contributed by atoms with E-state index in [0.29, 0.717) is 12.2 Å². The third-order valence-corrected chi connectivity index (χ3v) is 4.53. The molecule has 29 heavy (non-hydrogen) atoms. The lowest BCUT2D eigenvalue weighted by atomic mass is 9.90. The molecule has 0 saturated carbocycles. The number of para-hydroxylation sites is 1. The van der Waals surface area contributed by atoms with Crippen LogP contribution in [0.4, 0.5) is 0 Å². The summed E-state index contributed by atoms with van der Waals surface area (Å²) in [7, 11) is 5.61. The molecule has 0 unspecified atom stereocenters. The molecule has 7 nitrogen and oxygen atoms in total. The van der Waals surface area contributed by atoms with Gasteiger partial charge in [0.15, 0.2) is 0 Å². The van der Waals surface area contributed by atoms with E-state index in [9.17, 15) is 9.59 Å². The van der Waals surface area contributed by atoms with E-state index >= 15 is 0 Å². The molecule has 2 aromatic rings. The highest BCUT2D eigenvalue weighted by molar-refractivity contribution is 5.89. The van der Waals surface area contributed by atoms with Crippen molar-refractivity contribution in [3.63, 3.8) is 0 Å². The monoisotopic (exact) mass is 399 g/mol. The van der Waals surface area contributed by atoms with Crippen LogP contribution in [0.5, 0.6) is 11.5 Å². The first kappa shape index (κ1) is 22.0. The van der Waals surface area contributed by atoms with Crippen molar-refractivity contribution in [2.45, 2.75) is 13.0 Å². The van der Waals surface area contributed by atoms with E-state index in [4.69, 9.17) is 19.7 Å². The zero-order valence-electron chi connectivity index (χ0n) is 16.7. The number of likely N-dealkylation sites (N-methyl/N-ethyl adjacent to an activating group) is 1. The number of methoxy groups -OCH3 is 2. The lowest BCUT2D eigenvalue weighted by Gasteiger charge is -2.28. The molecular formula is C22H25NO6. The highest BCUT2D eigenvalue weighted by Gasteiger charge is 2.22. The number of hydrogen-bond acceptors (Lipinski definition) is 5. The van der Waals surface area contributed by atoms with E-state index in [1.165, 1.54) is 16.7 Å². The number of fused-ring (bicyclic) bond motifs is 1. The topological polar surface area (TPSA) is 96.3 Å². The number of hydrogen-bond donors (Lipinski definition) is 2. The maximum Gasteiger partial charge on any atom is 0.328 e. The van der Waals surface area contributed by atoms with Crippen molar-refractivity contribution in [2.75, 3.05) is 27.8 Å². The maximum atomic E-state index is 9.55. The summed E-state index contributed by atoms with van der Waals surface area (Å²) < 4.78 is 11.2. The normalized spacial score (nSPS) is 13.2. The quantitative estimate of drug-likeness (QED) is 0.746. The number of ether oxygens (including phenoxy) is 2. The van der Waals surface area contributed by atoms with Crippen LogP contribution in [-0.2, 0) is 22.6 Å². The highest BCUT2D eigenvalue weighted by Crippen LogP contribution is 2.41. The minimum atomic E-state index is -1.26. The summed E-state index contributed by atoms with van der Waals surface area (Å²) >= 11 is 0. The second kappa shape index (κ2) is 10.3. The van der Waals surface area contributed by atoms with E-state index < -0.39 is 11.9 Å². The van der Waals surface area contributed by atoms with Crippen molar-refractivity contribution in [1.29, 1.82) is 0 Å². The summed E-state index contributed by atoms with van der Waals surface area (Å²) in [6, 6.07) is 12.4. The molecule has 3 rings (SSSR count). The van der Waals surface area contributed by atoms with E-state index in [2.05, 4.69) is 30.1 Å². The minimum absolute atomic E-state index is 0.558. The molecule has 2 aromatic carbocycles. The Balaban J connectivity index is 0.000000321. The zero-order valence-corrected chi connectivity index (χ0v) is 16.7. The molecule has 1 heterocycles. The summed E-state index contributed by atoms with van der Waals surface area (Å²) in [5.41, 5.74) is 5.03. The van der Waals surface area contributed by atoms with E-state index in [1.807, 2.05) is 18.2 Å². The van der Waals surface area contributed by atoms with Gasteiger partial charge in [-0.3, -0.25) is 0 Å². The fourth-order valence-electron chi connectivity index (χ4n) is 3.20. The van der Waals surface area contributed by atoms with Crippen LogP contribution in [0.2, 0.25) is 0 Å². The number of carboxylic acid groups (broad SMARTS) is 2. The Morgan fingerprint density at radius 2 is 1.59 bits per heavy atom. The molecule has 0 aliphatic carbocycles. The van der Waals surface area contributed by atoms with Gasteiger partial charge in [0.2, 0.25) is 0 Å². The zero-order chi connectivity index (χ0) is 21.4. The largest absolute Gasteiger partial charge is 0.496 e. The van der Waals surface area contributed by atoms with Crippen LogP contribution in [-0.4, -0.2) is 54.9 Å². The molecule has 0 radical (unpaired) electrons. The van der Waals surface area contributed by atoms with Gasteiger partial charge in [-0.2, -0.15) is 0 Å². The summed E-state index contributed by atoms with van der Waals surface area (Å²) in [6.45, 7) is 2.05. The summed E-state index contributed by atoms with van der Waals surface area (Å²) in [4.78, 5) is 21.5. The lowest BCUT2D eigenvalue weighted by molar-refractivity contribution is -0.134. The number of rotatable bonds is 5. The molecular weight excluding hydrogens is 374 g/mol. The van der Waals surface area contributed by atoms with Crippen LogP contribution >= 0.6 is 0 Å². The molecule has 1 aliphatic rings. The minimum Gasteiger partial charge on any atom is -0.496 e. The predicted octanol–water partition coefficient (Wildman–Crippen LogP) is 3.07. The Bertz CT molecular complexity index is 890. The van der Waals surface area contributed by atoms with Gasteiger partial charge in [0.25, 0.3) is 0 Å². The number of benzene rings is 2. The molecule has 0 spiro atoms. The molecule has 154 valence electrons. The Morgan fingerprint density at radius 3 is 2.17 bits per heavy atom. The van der Waals surface area contributed by atoms with Gasteiger partial charge in [-0.1, -0.05) is 24.3 Å². The van der Waals surface area contributed by atoms with E-state index in [-0.39, 0.29) is 0 Å². The van der Waals surface area contributed by atoms with Crippen LogP contribution in [0.1, 0.15) is 11.1 Å². The molecule has 0 saturated heterocycles. The van der Waals surface area contributed by atoms with E-state index in [1.54, 1.807) is 14.2 Å². The molecule has 0 aromatic heterocycles. The SMILES string of the molecule is COc1ccccc1-c1c(OC)ccc2c1CN(C)CC2.O=C(O)C=CC(=O)O. The van der Waals surface area contributed by atoms with Gasteiger partial charge in [-0.15, -0.1) is 0 Å². The van der Waals surface area contributed by atoms with Crippen LogP contribution in [0.3, 0.4) is 0 Å². The van der Waals surface area contributed by atoms with Crippen LogP contribution < -0.4 is 9.47 Å². The third-order valence-electron chi connectivity index (χ3n) is 4.53. The van der Waals surface area contributed by atoms with Crippen LogP contribution in [0, 0.1) is 0 Å². The number of nitrogens with zero attached hydrogens (tertiary/aromatic N) is 1. The Kier molecular flexibility index (Phi) is 7.79. The smallest absolute Gasteiger partial charge is 0.328 e. The van der Waals surface area contributed by atoms with E-state index in [0.717, 1.165) is 36.6 Å². The van der Waals surface area contributed by atoms with Crippen molar-refractivity contribution in [2.24, 2.45) is 0 Å². The Morgan fingerprint density at radius 1 is 0.966 bits per heavy atom. The first-order valence-electron chi connectivity index (χ1n) is 9.02. The van der Waals surface area contributed by atoms with Crippen molar-refractivity contribution in [3.8, 4) is 22.6 Å². The lowest BCUT2D eigenvalue weighted by Crippen LogP contribution is -2.27. The summed E-state index contributed by atoms with van der Waals surface area (Å²) in [6.07, 6.45) is 2.20. The van der Waals surface area contributed by atoms with Gasteiger partial charge >= 0.3 is 11.9 Å². The van der Waals surface area contributed by atoms with Crippen molar-refractivity contribution in [3.05, 3.63) is 59.7 Å². The molecule has 2 N–H and O–H groups in total. The van der Waals surface area contributed by atoms with Gasteiger partial charge in [-0.25, -0.2) is 9.59 Å². The van der Waals surface area contributed by atoms with Gasteiger partial charge < -0.3 is 24.6 Å². The number of aliphatic carboxylic acids is 2. The first-order chi connectivity index (χ1) is 13.9. The molecule has 1 aliphatic heterocycles. The molecule has 0 atom stereocenters. The number of carbonyl (C=O) groups is 2. The standard InChI is InChI=1S/C18H21NO2.C4H4O4/c1-19-11-10-13-8-9-17(21-3)18(15(13)12-19)14-6-4-5-7-16(14)20-2;5-3(6)1-2-4(7)8/h4-9H,10-12H2,1-3H3;1-2H,(H,5,6)(H,7,8). The second-order valence-electron chi connectivity index (χ2n) is 6.48. The average molecular weight is 399 g/mol. The van der Waals surface area contributed by atoms with Crippen LogP contribution in [0.15, 0.2) is 48.6 Å². The molecule has 0 fully saturated rings. The van der Waals surface area contributed by atoms with Crippen molar-refractivity contribution < 1.29 is 29.3 Å². The van der Waals surface area contributed by atoms with Crippen molar-refractivity contribution in [1.82, 2.24) is 4.90 Å². The Labute approximate surface area is 169 Å². The van der Waals surface area contributed by atoms with Gasteiger partial charge in [-0.05, 0) is 36.7 Å². The van der Waals surface area contributed by atoms with Crippen molar-refractivity contribution >= 4 is 11.9 Å². The third kappa shape index (κ3) is 5.83. The maximum absolute atomic E-state index is 9.55. The number of carboxylic acids is 2. The fraction of sp³-hybridized carbons (Fsp3) is 0.273.